The molecule has 138 valence electrons. The van der Waals surface area contributed by atoms with Crippen LogP contribution in [0, 0.1) is 0 Å². The summed E-state index contributed by atoms with van der Waals surface area (Å²) in [6, 6.07) is 18.5. The Morgan fingerprint density at radius 1 is 0.778 bits per heavy atom. The first-order valence-corrected chi connectivity index (χ1v) is 9.14. The van der Waals surface area contributed by atoms with Gasteiger partial charge in [0.05, 0.1) is 0 Å². The fourth-order valence-corrected chi connectivity index (χ4v) is 4.21. The van der Waals surface area contributed by atoms with E-state index >= 15 is 0 Å². The largest absolute Gasteiger partial charge is 0.328 e. The van der Waals surface area contributed by atoms with Gasteiger partial charge in [-0.1, -0.05) is 60.7 Å². The van der Waals surface area contributed by atoms with Crippen LogP contribution in [0.15, 0.2) is 60.7 Å². The molecule has 2 aliphatic heterocycles. The van der Waals surface area contributed by atoms with Crippen molar-refractivity contribution in [2.75, 3.05) is 13.1 Å². The van der Waals surface area contributed by atoms with Gasteiger partial charge in [0, 0.05) is 13.1 Å². The Kier molecular flexibility index (Phi) is 4.49. The van der Waals surface area contributed by atoms with Gasteiger partial charge in [-0.2, -0.15) is 0 Å². The maximum atomic E-state index is 13.0. The van der Waals surface area contributed by atoms with Gasteiger partial charge in [-0.15, -0.1) is 0 Å². The van der Waals surface area contributed by atoms with Crippen molar-refractivity contribution in [2.24, 2.45) is 0 Å². The molecule has 4 rings (SSSR count). The van der Waals surface area contributed by atoms with Crippen LogP contribution in [0.25, 0.3) is 0 Å². The Morgan fingerprint density at radius 3 is 1.85 bits per heavy atom. The van der Waals surface area contributed by atoms with Crippen LogP contribution in [0.2, 0.25) is 0 Å². The van der Waals surface area contributed by atoms with E-state index in [1.165, 1.54) is 5.56 Å². The van der Waals surface area contributed by atoms with Gasteiger partial charge in [-0.05, 0) is 29.9 Å². The van der Waals surface area contributed by atoms with Crippen molar-refractivity contribution in [1.82, 2.24) is 15.5 Å². The minimum atomic E-state index is -1.52. The fraction of sp³-hybridized carbons (Fsp3) is 0.286. The molecule has 2 fully saturated rings. The van der Waals surface area contributed by atoms with Crippen molar-refractivity contribution in [3.8, 4) is 0 Å². The van der Waals surface area contributed by atoms with E-state index in [0.29, 0.717) is 24.6 Å². The number of urea groups is 1. The van der Waals surface area contributed by atoms with E-state index in [2.05, 4.69) is 22.8 Å². The number of benzene rings is 2. The average molecular weight is 363 g/mol. The van der Waals surface area contributed by atoms with Gasteiger partial charge in [0.2, 0.25) is 5.54 Å². The molecule has 2 saturated heterocycles. The molecular weight excluding hydrogens is 342 g/mol. The smallest absolute Gasteiger partial charge is 0.278 e. The SMILES string of the molecule is O=C1NC(=O)C(c2ccccc2)(N2CCC(c3ccccc3)CC2)C(=O)N1. The zero-order valence-electron chi connectivity index (χ0n) is 14.9. The second-order valence-corrected chi connectivity index (χ2v) is 6.99. The van der Waals surface area contributed by atoms with Crippen molar-refractivity contribution < 1.29 is 14.4 Å². The first kappa shape index (κ1) is 17.4. The highest BCUT2D eigenvalue weighted by Crippen LogP contribution is 2.37. The van der Waals surface area contributed by atoms with Crippen molar-refractivity contribution >= 4 is 17.8 Å². The number of piperidine rings is 1. The van der Waals surface area contributed by atoms with Crippen LogP contribution < -0.4 is 10.6 Å². The van der Waals surface area contributed by atoms with Gasteiger partial charge in [-0.25, -0.2) is 4.79 Å². The minimum Gasteiger partial charge on any atom is -0.278 e. The molecule has 0 saturated carbocycles. The predicted molar refractivity (Wildman–Crippen MR) is 99.8 cm³/mol. The molecule has 0 unspecified atom stereocenters. The molecule has 0 aliphatic carbocycles. The Morgan fingerprint density at radius 2 is 1.30 bits per heavy atom. The molecule has 4 amide bonds. The third kappa shape index (κ3) is 2.92. The third-order valence-electron chi connectivity index (χ3n) is 5.54. The summed E-state index contributed by atoms with van der Waals surface area (Å²) >= 11 is 0. The summed E-state index contributed by atoms with van der Waals surface area (Å²) < 4.78 is 0. The fourth-order valence-electron chi connectivity index (χ4n) is 4.21. The number of barbiturate groups is 1. The second-order valence-electron chi connectivity index (χ2n) is 6.99. The summed E-state index contributed by atoms with van der Waals surface area (Å²) in [6.45, 7) is 1.17. The average Bonchev–Trinajstić information content (AvgIpc) is 2.70. The summed E-state index contributed by atoms with van der Waals surface area (Å²) in [6.07, 6.45) is 1.68. The number of rotatable bonds is 3. The molecule has 0 radical (unpaired) electrons. The van der Waals surface area contributed by atoms with E-state index in [1.807, 2.05) is 29.2 Å². The molecule has 0 aromatic heterocycles. The molecule has 0 spiro atoms. The number of imide groups is 2. The molecule has 6 heteroatoms. The van der Waals surface area contributed by atoms with Crippen LogP contribution in [0.4, 0.5) is 4.79 Å². The Hall–Kier alpha value is -2.99. The monoisotopic (exact) mass is 363 g/mol. The lowest BCUT2D eigenvalue weighted by Gasteiger charge is -2.46. The number of nitrogens with zero attached hydrogens (tertiary/aromatic N) is 1. The first-order valence-electron chi connectivity index (χ1n) is 9.14. The van der Waals surface area contributed by atoms with E-state index in [4.69, 9.17) is 0 Å². The molecule has 0 bridgehead atoms. The van der Waals surface area contributed by atoms with Crippen LogP contribution in [0.3, 0.4) is 0 Å². The van der Waals surface area contributed by atoms with Gasteiger partial charge in [0.25, 0.3) is 11.8 Å². The summed E-state index contributed by atoms with van der Waals surface area (Å²) in [5.74, 6) is -0.771. The Balaban J connectivity index is 1.66. The third-order valence-corrected chi connectivity index (χ3v) is 5.54. The van der Waals surface area contributed by atoms with Gasteiger partial charge in [0.15, 0.2) is 0 Å². The van der Waals surface area contributed by atoms with E-state index in [9.17, 15) is 14.4 Å². The normalized spacial score (nSPS) is 20.8. The molecule has 2 heterocycles. The van der Waals surface area contributed by atoms with Crippen molar-refractivity contribution in [3.05, 3.63) is 71.8 Å². The van der Waals surface area contributed by atoms with Gasteiger partial charge in [0.1, 0.15) is 0 Å². The minimum absolute atomic E-state index is 0.395. The highest BCUT2D eigenvalue weighted by molar-refractivity contribution is 6.22. The predicted octanol–water partition coefficient (Wildman–Crippen LogP) is 2.13. The zero-order valence-corrected chi connectivity index (χ0v) is 14.9. The van der Waals surface area contributed by atoms with Gasteiger partial charge < -0.3 is 0 Å². The number of hydrogen-bond acceptors (Lipinski definition) is 4. The van der Waals surface area contributed by atoms with E-state index < -0.39 is 23.4 Å². The second kappa shape index (κ2) is 6.96. The maximum Gasteiger partial charge on any atom is 0.328 e. The summed E-state index contributed by atoms with van der Waals surface area (Å²) in [7, 11) is 0. The number of carbonyl (C=O) groups is 3. The summed E-state index contributed by atoms with van der Waals surface area (Å²) in [5.41, 5.74) is 0.334. The molecule has 2 aliphatic rings. The van der Waals surface area contributed by atoms with Gasteiger partial charge >= 0.3 is 6.03 Å². The standard InChI is InChI=1S/C21H21N3O3/c25-18-21(17-9-5-2-6-10-17,19(26)23-20(27)22-18)24-13-11-16(12-14-24)15-7-3-1-4-8-15/h1-10,16H,11-14H2,(H2,22,23,25,26,27). The summed E-state index contributed by atoms with van der Waals surface area (Å²) in [4.78, 5) is 39.4. The van der Waals surface area contributed by atoms with Crippen molar-refractivity contribution in [2.45, 2.75) is 24.3 Å². The Bertz CT molecular complexity index is 839. The number of nitrogens with one attached hydrogen (secondary N) is 2. The Labute approximate surface area is 157 Å². The number of carbonyl (C=O) groups excluding carboxylic acids is 3. The molecule has 27 heavy (non-hydrogen) atoms. The number of amides is 4. The van der Waals surface area contributed by atoms with Crippen LogP contribution in [-0.4, -0.2) is 35.8 Å². The lowest BCUT2D eigenvalue weighted by atomic mass is 9.81. The molecular formula is C21H21N3O3. The van der Waals surface area contributed by atoms with E-state index in [1.54, 1.807) is 24.3 Å². The van der Waals surface area contributed by atoms with Crippen molar-refractivity contribution in [3.63, 3.8) is 0 Å². The highest BCUT2D eigenvalue weighted by Gasteiger charge is 2.56. The first-order chi connectivity index (χ1) is 13.1. The van der Waals surface area contributed by atoms with E-state index in [-0.39, 0.29) is 0 Å². The lowest BCUT2D eigenvalue weighted by molar-refractivity contribution is -0.149. The van der Waals surface area contributed by atoms with Crippen LogP contribution in [0.1, 0.15) is 29.9 Å². The highest BCUT2D eigenvalue weighted by atomic mass is 16.2. The maximum absolute atomic E-state index is 13.0. The topological polar surface area (TPSA) is 78.5 Å². The van der Waals surface area contributed by atoms with Crippen LogP contribution in [-0.2, 0) is 15.1 Å². The lowest BCUT2D eigenvalue weighted by Crippen LogP contribution is -2.71. The molecule has 2 N–H and O–H groups in total. The van der Waals surface area contributed by atoms with Gasteiger partial charge in [-0.3, -0.25) is 25.1 Å². The van der Waals surface area contributed by atoms with Crippen LogP contribution in [0.5, 0.6) is 0 Å². The van der Waals surface area contributed by atoms with Crippen molar-refractivity contribution in [1.29, 1.82) is 0 Å². The zero-order chi connectivity index (χ0) is 18.9. The molecule has 6 nitrogen and oxygen atoms in total. The summed E-state index contributed by atoms with van der Waals surface area (Å²) in [5, 5.41) is 4.58. The quantitative estimate of drug-likeness (QED) is 0.819. The molecule has 0 atom stereocenters. The number of hydrogen-bond donors (Lipinski definition) is 2. The molecule has 2 aromatic rings. The van der Waals surface area contributed by atoms with E-state index in [0.717, 1.165) is 12.8 Å². The molecule has 2 aromatic carbocycles. The van der Waals surface area contributed by atoms with Crippen LogP contribution >= 0.6 is 0 Å². The number of likely N-dealkylation sites (tertiary alicyclic amines) is 1.